The van der Waals surface area contributed by atoms with Crippen LogP contribution in [0.25, 0.3) is 22.4 Å². The number of nitroso groups, excluding NO2 is 1. The smallest absolute Gasteiger partial charge is 0.253 e. The maximum Gasteiger partial charge on any atom is 0.253 e. The molecule has 4 aromatic rings. The number of nitrogens with one attached hydrogen (secondary N) is 2. The number of carbonyl (C=O) groups is 2. The Kier molecular flexibility index (Phi) is 7.08. The van der Waals surface area contributed by atoms with Crippen LogP contribution in [0.3, 0.4) is 0 Å². The van der Waals surface area contributed by atoms with Gasteiger partial charge in [-0.15, -0.1) is 11.3 Å². The molecule has 2 saturated carbocycles. The molecule has 0 radical (unpaired) electrons. The number of benzene rings is 1. The number of hydrogen-bond donors (Lipinski definition) is 2. The van der Waals surface area contributed by atoms with Gasteiger partial charge in [0.15, 0.2) is 5.13 Å². The quantitative estimate of drug-likeness (QED) is 0.236. The van der Waals surface area contributed by atoms with Crippen LogP contribution in [0.2, 0.25) is 0 Å². The van der Waals surface area contributed by atoms with E-state index in [1.807, 2.05) is 29.6 Å². The molecule has 2 aliphatic carbocycles. The number of anilines is 1. The molecule has 3 heterocycles. The van der Waals surface area contributed by atoms with Crippen LogP contribution in [-0.2, 0) is 10.2 Å². The fourth-order valence-electron chi connectivity index (χ4n) is 5.11. The highest BCUT2D eigenvalue weighted by atomic mass is 32.1. The van der Waals surface area contributed by atoms with Crippen molar-refractivity contribution in [2.24, 2.45) is 0 Å². The fourth-order valence-corrected chi connectivity index (χ4v) is 5.86. The molecule has 0 aliphatic heterocycles. The molecule has 208 valence electrons. The van der Waals surface area contributed by atoms with Crippen LogP contribution < -0.4 is 10.6 Å². The van der Waals surface area contributed by atoms with Gasteiger partial charge in [-0.1, -0.05) is 22.9 Å². The molecule has 0 bridgehead atoms. The van der Waals surface area contributed by atoms with Gasteiger partial charge in [-0.2, -0.15) is 0 Å². The van der Waals surface area contributed by atoms with Crippen LogP contribution in [0, 0.1) is 4.91 Å². The van der Waals surface area contributed by atoms with Gasteiger partial charge in [-0.05, 0) is 80.0 Å². The zero-order chi connectivity index (χ0) is 28.6. The van der Waals surface area contributed by atoms with Gasteiger partial charge in [-0.25, -0.2) is 4.98 Å². The average Bonchev–Trinajstić information content (AvgIpc) is 3.37. The second kappa shape index (κ2) is 10.9. The Morgan fingerprint density at radius 1 is 1.10 bits per heavy atom. The summed E-state index contributed by atoms with van der Waals surface area (Å²) in [5.74, 6) is -0.0583. The first kappa shape index (κ1) is 26.8. The van der Waals surface area contributed by atoms with Crippen molar-refractivity contribution in [3.05, 3.63) is 93.9 Å². The van der Waals surface area contributed by atoms with Crippen molar-refractivity contribution >= 4 is 28.2 Å². The van der Waals surface area contributed by atoms with Crippen LogP contribution in [0.4, 0.5) is 5.13 Å². The molecule has 3 aromatic heterocycles. The minimum atomic E-state index is -0.409. The maximum absolute atomic E-state index is 12.7. The topological polar surface area (TPSA) is 109 Å². The lowest BCUT2D eigenvalue weighted by Gasteiger charge is -2.22. The summed E-state index contributed by atoms with van der Waals surface area (Å²) >= 11 is 1.52. The number of allylic oxidation sites excluding steroid dienone is 1. The summed E-state index contributed by atoms with van der Waals surface area (Å²) in [6.07, 6.45) is 9.70. The highest BCUT2D eigenvalue weighted by Gasteiger charge is 2.50. The number of hydrogen-bond acceptors (Lipinski definition) is 7. The number of pyridine rings is 1. The van der Waals surface area contributed by atoms with Gasteiger partial charge in [0.1, 0.15) is 10.7 Å². The number of aromatic nitrogens is 3. The number of carbonyl (C=O) groups excluding carboxylic acids is 2. The predicted molar refractivity (Wildman–Crippen MR) is 159 cm³/mol. The second-order valence-corrected chi connectivity index (χ2v) is 11.5. The number of ketones is 1. The molecule has 9 nitrogen and oxygen atoms in total. The fraction of sp³-hybridized carbons (Fsp3) is 0.290. The number of thiazole rings is 1. The number of amides is 1. The summed E-state index contributed by atoms with van der Waals surface area (Å²) in [6, 6.07) is 13.9. The second-order valence-electron chi connectivity index (χ2n) is 10.7. The van der Waals surface area contributed by atoms with E-state index < -0.39 is 5.41 Å². The molecule has 0 saturated heterocycles. The molecule has 2 aliphatic rings. The van der Waals surface area contributed by atoms with Crippen molar-refractivity contribution in [2.45, 2.75) is 44.4 Å². The first-order chi connectivity index (χ1) is 19.8. The summed E-state index contributed by atoms with van der Waals surface area (Å²) in [5.41, 5.74) is 7.06. The van der Waals surface area contributed by atoms with Crippen molar-refractivity contribution in [3.8, 4) is 22.4 Å². The highest BCUT2D eigenvalue weighted by Crippen LogP contribution is 2.48. The molecule has 41 heavy (non-hydrogen) atoms. The standard InChI is InChI=1S/C31H30N6O3S/c1-20(38)31(11-12-31)28-16-23(9-13-32-28)22-7-4-8-24(15-22)27-19-41-30(35-27)34-26(21-5-3-6-21)17-33-29(39)25-10-14-37(18-25)36(2)40/h4,7-10,13-16,18-19H,3,5-6,11-12,17H2,1-2H3,(H-,33,34,35,39)/p+1. The molecule has 1 amide bonds. The van der Waals surface area contributed by atoms with E-state index in [0.29, 0.717) is 17.0 Å². The average molecular weight is 568 g/mol. The lowest BCUT2D eigenvalue weighted by molar-refractivity contribution is -0.578. The van der Waals surface area contributed by atoms with Crippen molar-refractivity contribution in [2.75, 3.05) is 18.9 Å². The summed E-state index contributed by atoms with van der Waals surface area (Å²) in [5, 5.41) is 9.21. The van der Waals surface area contributed by atoms with Crippen LogP contribution in [0.5, 0.6) is 0 Å². The Balaban J connectivity index is 1.16. The van der Waals surface area contributed by atoms with Crippen LogP contribution in [0.1, 0.15) is 55.1 Å². The van der Waals surface area contributed by atoms with Crippen LogP contribution in [0.15, 0.2) is 77.7 Å². The van der Waals surface area contributed by atoms with E-state index in [-0.39, 0.29) is 11.7 Å². The third-order valence-corrected chi connectivity index (χ3v) is 8.76. The third-order valence-electron chi connectivity index (χ3n) is 8.00. The molecule has 10 heteroatoms. The Hall–Kier alpha value is -4.44. The summed E-state index contributed by atoms with van der Waals surface area (Å²) < 4.78 is 1.31. The summed E-state index contributed by atoms with van der Waals surface area (Å²) in [4.78, 5) is 46.4. The van der Waals surface area contributed by atoms with Crippen molar-refractivity contribution in [1.29, 1.82) is 0 Å². The lowest BCUT2D eigenvalue weighted by atomic mass is 9.90. The SMILES string of the molecule is CC(=O)C1(c2cc(-c3cccc(-c4csc(NC(CNC(=O)c5ccn([N+](C)=O)c5)=C5CCC5)n4)c3)ccn2)CC1. The van der Waals surface area contributed by atoms with Gasteiger partial charge >= 0.3 is 0 Å². The van der Waals surface area contributed by atoms with E-state index >= 15 is 0 Å². The molecule has 0 spiro atoms. The van der Waals surface area contributed by atoms with Crippen LogP contribution >= 0.6 is 11.3 Å². The Labute approximate surface area is 241 Å². The van der Waals surface area contributed by atoms with Gasteiger partial charge in [-0.3, -0.25) is 14.6 Å². The molecule has 1 aromatic carbocycles. The molecule has 2 fully saturated rings. The van der Waals surface area contributed by atoms with Gasteiger partial charge in [0, 0.05) is 22.8 Å². The Bertz CT molecular complexity index is 1690. The highest BCUT2D eigenvalue weighted by molar-refractivity contribution is 7.14. The maximum atomic E-state index is 12.7. The van der Waals surface area contributed by atoms with E-state index in [9.17, 15) is 14.5 Å². The molecule has 0 atom stereocenters. The minimum Gasteiger partial charge on any atom is -0.346 e. The van der Waals surface area contributed by atoms with Gasteiger partial charge in [0.2, 0.25) is 7.05 Å². The van der Waals surface area contributed by atoms with E-state index in [1.165, 1.54) is 34.8 Å². The molecule has 0 unspecified atom stereocenters. The van der Waals surface area contributed by atoms with E-state index in [4.69, 9.17) is 4.98 Å². The van der Waals surface area contributed by atoms with Gasteiger partial charge in [0.05, 0.1) is 46.2 Å². The van der Waals surface area contributed by atoms with E-state index in [0.717, 1.165) is 71.0 Å². The Morgan fingerprint density at radius 3 is 2.56 bits per heavy atom. The van der Waals surface area contributed by atoms with Gasteiger partial charge in [0.25, 0.3) is 5.91 Å². The largest absolute Gasteiger partial charge is 0.346 e. The third kappa shape index (κ3) is 5.47. The van der Waals surface area contributed by atoms with E-state index in [1.54, 1.807) is 25.4 Å². The summed E-state index contributed by atoms with van der Waals surface area (Å²) in [6.45, 7) is 2.01. The number of rotatable bonds is 10. The first-order valence-electron chi connectivity index (χ1n) is 13.7. The molecule has 6 rings (SSSR count). The van der Waals surface area contributed by atoms with Crippen LogP contribution in [-0.4, -0.2) is 44.8 Å². The monoisotopic (exact) mass is 567 g/mol. The molecular formula is C31H31N6O3S+. The van der Waals surface area contributed by atoms with Crippen molar-refractivity contribution in [3.63, 3.8) is 0 Å². The molecular weight excluding hydrogens is 536 g/mol. The lowest BCUT2D eigenvalue weighted by Crippen LogP contribution is -2.29. The minimum absolute atomic E-state index is 0.181. The van der Waals surface area contributed by atoms with Gasteiger partial charge < -0.3 is 10.6 Å². The zero-order valence-corrected chi connectivity index (χ0v) is 23.8. The first-order valence-corrected chi connectivity index (χ1v) is 14.6. The predicted octanol–water partition coefficient (Wildman–Crippen LogP) is 5.75. The normalized spacial score (nSPS) is 15.1. The van der Waals surface area contributed by atoms with E-state index in [2.05, 4.69) is 27.8 Å². The number of nitrogens with zero attached hydrogens (tertiary/aromatic N) is 4. The molecule has 2 N–H and O–H groups in total. The zero-order valence-electron chi connectivity index (χ0n) is 23.0. The number of Topliss-reactive ketones (excluding diaryl/α,β-unsaturated/α-hetero) is 1. The van der Waals surface area contributed by atoms with Crippen molar-refractivity contribution < 1.29 is 14.5 Å². The Morgan fingerprint density at radius 2 is 1.88 bits per heavy atom. The van der Waals surface area contributed by atoms with Crippen molar-refractivity contribution in [1.82, 2.24) is 20.0 Å². The summed E-state index contributed by atoms with van der Waals surface area (Å²) in [7, 11) is 1.37.